The number of carbonyl (C=O) groups is 1. The third-order valence-electron chi connectivity index (χ3n) is 5.14. The van der Waals surface area contributed by atoms with E-state index in [9.17, 15) is 4.79 Å². The second-order valence-corrected chi connectivity index (χ2v) is 6.76. The van der Waals surface area contributed by atoms with Gasteiger partial charge in [-0.2, -0.15) is 0 Å². The summed E-state index contributed by atoms with van der Waals surface area (Å²) in [5.74, 6) is 0.365. The smallest absolute Gasteiger partial charge is 0.327 e. The average Bonchev–Trinajstić information content (AvgIpc) is 3.38. The van der Waals surface area contributed by atoms with Crippen LogP contribution in [-0.4, -0.2) is 61.9 Å². The quantitative estimate of drug-likeness (QED) is 0.715. The molecule has 3 aliphatic rings. The highest BCUT2D eigenvalue weighted by Gasteiger charge is 2.55. The fourth-order valence-corrected chi connectivity index (χ4v) is 3.53. The van der Waals surface area contributed by atoms with Crippen LogP contribution >= 0.6 is 0 Å². The monoisotopic (exact) mass is 296 g/mol. The number of ether oxygens (including phenoxy) is 2. The lowest BCUT2D eigenvalue weighted by Gasteiger charge is -2.42. The molecule has 120 valence electrons. The number of nitrogens with zero attached hydrogens (tertiary/aromatic N) is 1. The van der Waals surface area contributed by atoms with Crippen LogP contribution in [0.1, 0.15) is 39.0 Å². The molecular formula is C16H28N2O3. The van der Waals surface area contributed by atoms with Crippen molar-refractivity contribution < 1.29 is 14.3 Å². The van der Waals surface area contributed by atoms with Crippen molar-refractivity contribution in [2.45, 2.75) is 56.7 Å². The molecule has 0 amide bonds. The van der Waals surface area contributed by atoms with Crippen LogP contribution in [-0.2, 0) is 14.3 Å². The largest absolute Gasteiger partial charge is 0.468 e. The summed E-state index contributed by atoms with van der Waals surface area (Å²) in [7, 11) is 1.52. The van der Waals surface area contributed by atoms with Gasteiger partial charge in [-0.1, -0.05) is 6.92 Å². The molecular weight excluding hydrogens is 268 g/mol. The number of rotatable bonds is 7. The predicted molar refractivity (Wildman–Crippen MR) is 80.1 cm³/mol. The Balaban J connectivity index is 1.77. The van der Waals surface area contributed by atoms with Gasteiger partial charge in [0.25, 0.3) is 0 Å². The zero-order chi connectivity index (χ0) is 14.9. The number of morpholine rings is 1. The SMILES string of the molecule is CCC1COCCN1CC(NC1CC1)(C(=O)OC)C1CC1. The van der Waals surface area contributed by atoms with Gasteiger partial charge in [0.1, 0.15) is 5.54 Å². The van der Waals surface area contributed by atoms with Crippen molar-refractivity contribution in [1.82, 2.24) is 10.2 Å². The number of hydrogen-bond acceptors (Lipinski definition) is 5. The molecule has 0 spiro atoms. The number of esters is 1. The first-order valence-electron chi connectivity index (χ1n) is 8.37. The van der Waals surface area contributed by atoms with E-state index in [1.807, 2.05) is 0 Å². The Labute approximate surface area is 127 Å². The van der Waals surface area contributed by atoms with Crippen LogP contribution in [0.2, 0.25) is 0 Å². The molecule has 1 aliphatic heterocycles. The minimum atomic E-state index is -0.499. The van der Waals surface area contributed by atoms with Crippen molar-refractivity contribution in [3.05, 3.63) is 0 Å². The normalized spacial score (nSPS) is 29.9. The van der Waals surface area contributed by atoms with E-state index in [0.29, 0.717) is 18.0 Å². The first-order chi connectivity index (χ1) is 10.2. The predicted octanol–water partition coefficient (Wildman–Crippen LogP) is 1.17. The van der Waals surface area contributed by atoms with E-state index in [2.05, 4.69) is 17.1 Å². The molecule has 3 fully saturated rings. The van der Waals surface area contributed by atoms with Crippen LogP contribution in [0.3, 0.4) is 0 Å². The summed E-state index contributed by atoms with van der Waals surface area (Å²) >= 11 is 0. The minimum absolute atomic E-state index is 0.0711. The average molecular weight is 296 g/mol. The zero-order valence-corrected chi connectivity index (χ0v) is 13.3. The molecule has 3 rings (SSSR count). The van der Waals surface area contributed by atoms with Crippen LogP contribution in [0.15, 0.2) is 0 Å². The number of nitrogens with one attached hydrogen (secondary N) is 1. The highest BCUT2D eigenvalue weighted by Crippen LogP contribution is 2.43. The number of hydrogen-bond donors (Lipinski definition) is 1. The summed E-state index contributed by atoms with van der Waals surface area (Å²) in [4.78, 5) is 15.0. The molecule has 2 unspecified atom stereocenters. The molecule has 2 aliphatic carbocycles. The summed E-state index contributed by atoms with van der Waals surface area (Å²) in [6.07, 6.45) is 5.70. The van der Waals surface area contributed by atoms with Crippen molar-refractivity contribution in [2.75, 3.05) is 33.4 Å². The van der Waals surface area contributed by atoms with Gasteiger partial charge in [-0.25, -0.2) is 4.79 Å². The second kappa shape index (κ2) is 6.23. The van der Waals surface area contributed by atoms with Crippen molar-refractivity contribution in [2.24, 2.45) is 5.92 Å². The lowest BCUT2D eigenvalue weighted by molar-refractivity contribution is -0.152. The van der Waals surface area contributed by atoms with Gasteiger partial charge in [0.15, 0.2) is 0 Å². The summed E-state index contributed by atoms with van der Waals surface area (Å²) < 4.78 is 10.8. The lowest BCUT2D eigenvalue weighted by atomic mass is 9.90. The minimum Gasteiger partial charge on any atom is -0.468 e. The highest BCUT2D eigenvalue weighted by atomic mass is 16.5. The standard InChI is InChI=1S/C16H28N2O3/c1-3-14-10-21-9-8-18(14)11-16(12-4-5-12,15(19)20-2)17-13-6-7-13/h12-14,17H,3-11H2,1-2H3. The fourth-order valence-electron chi connectivity index (χ4n) is 3.53. The maximum Gasteiger partial charge on any atom is 0.327 e. The maximum absolute atomic E-state index is 12.6. The van der Waals surface area contributed by atoms with Crippen LogP contribution in [0.4, 0.5) is 0 Å². The Hall–Kier alpha value is -0.650. The topological polar surface area (TPSA) is 50.8 Å². The van der Waals surface area contributed by atoms with Crippen LogP contribution < -0.4 is 5.32 Å². The van der Waals surface area contributed by atoms with Gasteiger partial charge in [-0.3, -0.25) is 10.2 Å². The van der Waals surface area contributed by atoms with E-state index in [4.69, 9.17) is 9.47 Å². The third kappa shape index (κ3) is 3.25. The van der Waals surface area contributed by atoms with Gasteiger partial charge in [-0.15, -0.1) is 0 Å². The van der Waals surface area contributed by atoms with Crippen molar-refractivity contribution in [3.63, 3.8) is 0 Å². The van der Waals surface area contributed by atoms with Crippen molar-refractivity contribution >= 4 is 5.97 Å². The van der Waals surface area contributed by atoms with Gasteiger partial charge >= 0.3 is 5.97 Å². The molecule has 1 heterocycles. The van der Waals surface area contributed by atoms with Crippen LogP contribution in [0, 0.1) is 5.92 Å². The molecule has 0 aromatic heterocycles. The molecule has 0 aromatic rings. The van der Waals surface area contributed by atoms with Crippen LogP contribution in [0.5, 0.6) is 0 Å². The van der Waals surface area contributed by atoms with Gasteiger partial charge in [0, 0.05) is 25.2 Å². The summed E-state index contributed by atoms with van der Waals surface area (Å²) in [5, 5.41) is 3.65. The Morgan fingerprint density at radius 1 is 1.38 bits per heavy atom. The Kier molecular flexibility index (Phi) is 4.52. The summed E-state index contributed by atoms with van der Waals surface area (Å²) in [6, 6.07) is 0.924. The maximum atomic E-state index is 12.6. The van der Waals surface area contributed by atoms with Gasteiger partial charge < -0.3 is 9.47 Å². The highest BCUT2D eigenvalue weighted by molar-refractivity contribution is 5.82. The Bertz CT molecular complexity index is 382. The van der Waals surface area contributed by atoms with Crippen molar-refractivity contribution in [1.29, 1.82) is 0 Å². The molecule has 0 aromatic carbocycles. The lowest BCUT2D eigenvalue weighted by Crippen LogP contribution is -2.64. The van der Waals surface area contributed by atoms with Crippen molar-refractivity contribution in [3.8, 4) is 0 Å². The van der Waals surface area contributed by atoms with Gasteiger partial charge in [-0.05, 0) is 38.0 Å². The number of carbonyl (C=O) groups excluding carboxylic acids is 1. The molecule has 0 bridgehead atoms. The van der Waals surface area contributed by atoms with E-state index in [1.54, 1.807) is 0 Å². The molecule has 5 heteroatoms. The Morgan fingerprint density at radius 3 is 2.71 bits per heavy atom. The van der Waals surface area contributed by atoms with Gasteiger partial charge in [0.2, 0.25) is 0 Å². The molecule has 5 nitrogen and oxygen atoms in total. The van der Waals surface area contributed by atoms with E-state index >= 15 is 0 Å². The summed E-state index contributed by atoms with van der Waals surface area (Å²) in [5.41, 5.74) is -0.499. The van der Waals surface area contributed by atoms with E-state index in [1.165, 1.54) is 20.0 Å². The molecule has 0 radical (unpaired) electrons. The van der Waals surface area contributed by atoms with E-state index in [-0.39, 0.29) is 5.97 Å². The first-order valence-corrected chi connectivity index (χ1v) is 8.37. The number of methoxy groups -OCH3 is 1. The molecule has 21 heavy (non-hydrogen) atoms. The second-order valence-electron chi connectivity index (χ2n) is 6.76. The molecule has 1 N–H and O–H groups in total. The molecule has 2 atom stereocenters. The van der Waals surface area contributed by atoms with E-state index in [0.717, 1.165) is 45.6 Å². The summed E-state index contributed by atoms with van der Waals surface area (Å²) in [6.45, 7) is 5.42. The van der Waals surface area contributed by atoms with Crippen LogP contribution in [0.25, 0.3) is 0 Å². The van der Waals surface area contributed by atoms with Gasteiger partial charge in [0.05, 0.1) is 20.3 Å². The molecule has 1 saturated heterocycles. The van der Waals surface area contributed by atoms with E-state index < -0.39 is 5.54 Å². The fraction of sp³-hybridized carbons (Fsp3) is 0.938. The third-order valence-corrected chi connectivity index (χ3v) is 5.14. The zero-order valence-electron chi connectivity index (χ0n) is 13.3. The Morgan fingerprint density at radius 2 is 2.14 bits per heavy atom. The first kappa shape index (κ1) is 15.3. The molecule has 2 saturated carbocycles.